The van der Waals surface area contributed by atoms with Crippen LogP contribution in [0.15, 0.2) is 51.7 Å². The van der Waals surface area contributed by atoms with E-state index < -0.39 is 0 Å². The van der Waals surface area contributed by atoms with Crippen LogP contribution >= 0.6 is 23.1 Å². The lowest BCUT2D eigenvalue weighted by molar-refractivity contribution is 0.174. The van der Waals surface area contributed by atoms with E-state index in [4.69, 9.17) is 9.47 Å². The second-order valence-corrected chi connectivity index (χ2v) is 7.10. The molecule has 0 atom stereocenters. The first kappa shape index (κ1) is 14.1. The van der Waals surface area contributed by atoms with Crippen molar-refractivity contribution in [1.82, 2.24) is 4.98 Å². The third kappa shape index (κ3) is 2.89. The van der Waals surface area contributed by atoms with Crippen molar-refractivity contribution in [2.75, 3.05) is 6.79 Å². The van der Waals surface area contributed by atoms with Gasteiger partial charge in [0, 0.05) is 0 Å². The van der Waals surface area contributed by atoms with E-state index in [2.05, 4.69) is 11.1 Å². The van der Waals surface area contributed by atoms with Crippen molar-refractivity contribution in [2.45, 2.75) is 4.34 Å². The van der Waals surface area contributed by atoms with Crippen LogP contribution in [0.2, 0.25) is 0 Å². The van der Waals surface area contributed by atoms with Crippen molar-refractivity contribution in [3.8, 4) is 17.6 Å². The van der Waals surface area contributed by atoms with Gasteiger partial charge in [0.2, 0.25) is 6.79 Å². The first-order chi connectivity index (χ1) is 11.3. The van der Waals surface area contributed by atoms with Gasteiger partial charge in [0.25, 0.3) is 0 Å². The number of benzene rings is 2. The van der Waals surface area contributed by atoms with E-state index in [1.54, 1.807) is 11.3 Å². The fourth-order valence-electron chi connectivity index (χ4n) is 2.23. The number of rotatable bonds is 3. The SMILES string of the molecule is N#C/C(=C\c1ccc2c(c1)OCO2)Sc1nc2ccccc2s1. The minimum atomic E-state index is 0.244. The van der Waals surface area contributed by atoms with E-state index in [1.165, 1.54) is 11.8 Å². The van der Waals surface area contributed by atoms with Gasteiger partial charge < -0.3 is 9.47 Å². The van der Waals surface area contributed by atoms with Crippen LogP contribution in [0, 0.1) is 11.3 Å². The van der Waals surface area contributed by atoms with Gasteiger partial charge in [0.15, 0.2) is 15.8 Å². The summed E-state index contributed by atoms with van der Waals surface area (Å²) in [5, 5.41) is 9.40. The number of nitrogens with zero attached hydrogens (tertiary/aromatic N) is 2. The molecule has 2 aromatic carbocycles. The number of thioether (sulfide) groups is 1. The zero-order valence-corrected chi connectivity index (χ0v) is 13.5. The van der Waals surface area contributed by atoms with Crippen molar-refractivity contribution in [2.24, 2.45) is 0 Å². The Morgan fingerprint density at radius 3 is 2.96 bits per heavy atom. The predicted molar refractivity (Wildman–Crippen MR) is 91.6 cm³/mol. The maximum atomic E-state index is 9.40. The molecular formula is C17H10N2O2S2. The topological polar surface area (TPSA) is 55.1 Å². The minimum Gasteiger partial charge on any atom is -0.454 e. The summed E-state index contributed by atoms with van der Waals surface area (Å²) in [7, 11) is 0. The Hall–Kier alpha value is -2.49. The molecule has 3 aromatic rings. The van der Waals surface area contributed by atoms with Gasteiger partial charge in [0.05, 0.1) is 15.1 Å². The summed E-state index contributed by atoms with van der Waals surface area (Å²) >= 11 is 2.96. The Kier molecular flexibility index (Phi) is 3.66. The lowest BCUT2D eigenvalue weighted by Crippen LogP contribution is -1.92. The van der Waals surface area contributed by atoms with Gasteiger partial charge in [-0.05, 0) is 47.7 Å². The Morgan fingerprint density at radius 1 is 1.22 bits per heavy atom. The molecular weight excluding hydrogens is 328 g/mol. The predicted octanol–water partition coefficient (Wildman–Crippen LogP) is 4.68. The van der Waals surface area contributed by atoms with Crippen LogP contribution in [0.3, 0.4) is 0 Å². The monoisotopic (exact) mass is 338 g/mol. The van der Waals surface area contributed by atoms with Crippen LogP contribution in [0.4, 0.5) is 0 Å². The molecule has 112 valence electrons. The van der Waals surface area contributed by atoms with Crippen LogP contribution in [0.1, 0.15) is 5.56 Å². The molecule has 1 aliphatic heterocycles. The molecule has 4 rings (SSSR count). The van der Waals surface area contributed by atoms with Crippen LogP contribution in [0.5, 0.6) is 11.5 Å². The van der Waals surface area contributed by atoms with E-state index >= 15 is 0 Å². The molecule has 2 heterocycles. The Morgan fingerprint density at radius 2 is 2.09 bits per heavy atom. The second-order valence-electron chi connectivity index (χ2n) is 4.78. The summed E-state index contributed by atoms with van der Waals surface area (Å²) < 4.78 is 12.6. The first-order valence-corrected chi connectivity index (χ1v) is 8.50. The highest BCUT2D eigenvalue weighted by molar-refractivity contribution is 8.05. The lowest BCUT2D eigenvalue weighted by Gasteiger charge is -1.99. The molecule has 1 aromatic heterocycles. The van der Waals surface area contributed by atoms with Crippen molar-refractivity contribution in [3.63, 3.8) is 0 Å². The molecule has 4 nitrogen and oxygen atoms in total. The lowest BCUT2D eigenvalue weighted by atomic mass is 10.2. The fourth-order valence-corrected chi connectivity index (χ4v) is 4.20. The average molecular weight is 338 g/mol. The number of aromatic nitrogens is 1. The smallest absolute Gasteiger partial charge is 0.231 e. The molecule has 1 aliphatic rings. The Balaban J connectivity index is 1.62. The molecule has 0 spiro atoms. The minimum absolute atomic E-state index is 0.244. The molecule has 23 heavy (non-hydrogen) atoms. The molecule has 0 radical (unpaired) electrons. The number of hydrogen-bond donors (Lipinski definition) is 0. The molecule has 6 heteroatoms. The summed E-state index contributed by atoms with van der Waals surface area (Å²) in [5.41, 5.74) is 1.86. The molecule has 0 saturated carbocycles. The van der Waals surface area contributed by atoms with Crippen molar-refractivity contribution >= 4 is 39.4 Å². The maximum Gasteiger partial charge on any atom is 0.231 e. The summed E-state index contributed by atoms with van der Waals surface area (Å²) in [4.78, 5) is 5.13. The zero-order valence-electron chi connectivity index (χ0n) is 11.9. The van der Waals surface area contributed by atoms with Gasteiger partial charge in [0.1, 0.15) is 6.07 Å². The second kappa shape index (κ2) is 5.95. The third-order valence-corrected chi connectivity index (χ3v) is 5.30. The molecule has 0 aliphatic carbocycles. The third-order valence-electron chi connectivity index (χ3n) is 3.28. The molecule has 0 unspecified atom stereocenters. The van der Waals surface area contributed by atoms with E-state index in [0.29, 0.717) is 10.7 Å². The van der Waals surface area contributed by atoms with Crippen LogP contribution < -0.4 is 9.47 Å². The van der Waals surface area contributed by atoms with E-state index in [-0.39, 0.29) is 6.79 Å². The Labute approximate surface area is 141 Å². The number of nitriles is 1. The van der Waals surface area contributed by atoms with Gasteiger partial charge in [-0.1, -0.05) is 18.2 Å². The van der Waals surface area contributed by atoms with Crippen molar-refractivity contribution in [1.29, 1.82) is 5.26 Å². The van der Waals surface area contributed by atoms with Crippen LogP contribution in [0.25, 0.3) is 16.3 Å². The average Bonchev–Trinajstić information content (AvgIpc) is 3.19. The zero-order chi connectivity index (χ0) is 15.6. The molecule has 0 amide bonds. The number of thiazole rings is 1. The maximum absolute atomic E-state index is 9.40. The van der Waals surface area contributed by atoms with Gasteiger partial charge >= 0.3 is 0 Å². The van der Waals surface area contributed by atoms with Gasteiger partial charge in [-0.15, -0.1) is 11.3 Å². The number of allylic oxidation sites excluding steroid dienone is 1. The number of fused-ring (bicyclic) bond motifs is 2. The number of ether oxygens (including phenoxy) is 2. The molecule has 0 bridgehead atoms. The van der Waals surface area contributed by atoms with Crippen molar-refractivity contribution in [3.05, 3.63) is 52.9 Å². The highest BCUT2D eigenvalue weighted by atomic mass is 32.2. The molecule has 0 saturated heterocycles. The summed E-state index contributed by atoms with van der Waals surface area (Å²) in [6.07, 6.45) is 1.83. The van der Waals surface area contributed by atoms with E-state index in [1.807, 2.05) is 48.5 Å². The number of para-hydroxylation sites is 1. The van der Waals surface area contributed by atoms with Gasteiger partial charge in [-0.3, -0.25) is 0 Å². The molecule has 0 N–H and O–H groups in total. The molecule has 0 fully saturated rings. The normalized spacial score (nSPS) is 13.3. The standard InChI is InChI=1S/C17H10N2O2S2/c18-9-12(7-11-5-6-14-15(8-11)21-10-20-14)22-17-19-13-3-1-2-4-16(13)23-17/h1-8H,10H2/b12-7+. The van der Waals surface area contributed by atoms with Gasteiger partial charge in [-0.2, -0.15) is 5.26 Å². The Bertz CT molecular complexity index is 924. The highest BCUT2D eigenvalue weighted by Gasteiger charge is 2.13. The quantitative estimate of drug-likeness (QED) is 0.512. The summed E-state index contributed by atoms with van der Waals surface area (Å²) in [6.45, 7) is 0.244. The van der Waals surface area contributed by atoms with Crippen LogP contribution in [-0.2, 0) is 0 Å². The van der Waals surface area contributed by atoms with Gasteiger partial charge in [-0.25, -0.2) is 4.98 Å². The largest absolute Gasteiger partial charge is 0.454 e. The number of hydrogen-bond acceptors (Lipinski definition) is 6. The van der Waals surface area contributed by atoms with Crippen LogP contribution in [-0.4, -0.2) is 11.8 Å². The first-order valence-electron chi connectivity index (χ1n) is 6.87. The van der Waals surface area contributed by atoms with E-state index in [0.717, 1.165) is 25.9 Å². The highest BCUT2D eigenvalue weighted by Crippen LogP contribution is 2.36. The fraction of sp³-hybridized carbons (Fsp3) is 0.0588. The van der Waals surface area contributed by atoms with E-state index in [9.17, 15) is 5.26 Å². The summed E-state index contributed by atoms with van der Waals surface area (Å²) in [6, 6.07) is 15.8. The summed E-state index contributed by atoms with van der Waals surface area (Å²) in [5.74, 6) is 1.44. The van der Waals surface area contributed by atoms with Crippen molar-refractivity contribution < 1.29 is 9.47 Å².